The molecular weight excluding hydrogens is 326 g/mol. The van der Waals surface area contributed by atoms with Gasteiger partial charge in [-0.15, -0.1) is 0 Å². The Morgan fingerprint density at radius 3 is 2.23 bits per heavy atom. The predicted octanol–water partition coefficient (Wildman–Crippen LogP) is 5.19. The molecule has 2 aromatic carbocycles. The highest BCUT2D eigenvalue weighted by molar-refractivity contribution is 5.96. The van der Waals surface area contributed by atoms with Crippen LogP contribution in [-0.4, -0.2) is 16.7 Å². The van der Waals surface area contributed by atoms with Gasteiger partial charge in [0.25, 0.3) is 0 Å². The largest absolute Gasteiger partial charge is 0.294 e. The Morgan fingerprint density at radius 1 is 1.00 bits per heavy atom. The molecule has 0 radical (unpaired) electrons. The van der Waals surface area contributed by atoms with Crippen LogP contribution in [0, 0.1) is 10.1 Å². The van der Waals surface area contributed by atoms with E-state index in [1.54, 1.807) is 12.1 Å². The molecule has 0 aromatic heterocycles. The van der Waals surface area contributed by atoms with Crippen LogP contribution >= 0.6 is 0 Å². The summed E-state index contributed by atoms with van der Waals surface area (Å²) >= 11 is 0. The molecule has 3 rings (SSSR count). The quantitative estimate of drug-likeness (QED) is 0.299. The van der Waals surface area contributed by atoms with Crippen LogP contribution in [0.5, 0.6) is 0 Å². The summed E-state index contributed by atoms with van der Waals surface area (Å²) in [4.78, 5) is 24.6. The summed E-state index contributed by atoms with van der Waals surface area (Å²) in [5.41, 5.74) is 2.33. The maximum absolute atomic E-state index is 12.8. The molecular formula is C22H23NO3. The third-order valence-corrected chi connectivity index (χ3v) is 5.04. The number of allylic oxidation sites excluding steroid dienone is 1. The maximum Gasteiger partial charge on any atom is 0.241 e. The monoisotopic (exact) mass is 349 g/mol. The SMILES string of the molecule is O=C(CC(c1ccccc1)C(C1=CCCCC1)[N+](=O)[O-])c1ccccc1. The van der Waals surface area contributed by atoms with Crippen molar-refractivity contribution in [2.24, 2.45) is 0 Å². The average Bonchev–Trinajstić information content (AvgIpc) is 2.69. The second-order valence-electron chi connectivity index (χ2n) is 6.77. The molecule has 0 aliphatic heterocycles. The van der Waals surface area contributed by atoms with Gasteiger partial charge in [0, 0.05) is 16.9 Å². The summed E-state index contributed by atoms with van der Waals surface area (Å²) in [5.74, 6) is -0.508. The van der Waals surface area contributed by atoms with Crippen molar-refractivity contribution in [2.45, 2.75) is 44.1 Å². The van der Waals surface area contributed by atoms with Gasteiger partial charge in [-0.2, -0.15) is 0 Å². The molecule has 0 saturated heterocycles. The normalized spacial score (nSPS) is 16.4. The van der Waals surface area contributed by atoms with Crippen LogP contribution in [0.25, 0.3) is 0 Å². The number of benzene rings is 2. The van der Waals surface area contributed by atoms with E-state index in [9.17, 15) is 14.9 Å². The number of nitro groups is 1. The molecule has 0 spiro atoms. The number of carbonyl (C=O) groups excluding carboxylic acids is 1. The van der Waals surface area contributed by atoms with Crippen LogP contribution < -0.4 is 0 Å². The minimum absolute atomic E-state index is 0.0530. The molecule has 0 heterocycles. The molecule has 134 valence electrons. The highest BCUT2D eigenvalue weighted by Gasteiger charge is 2.37. The van der Waals surface area contributed by atoms with E-state index >= 15 is 0 Å². The molecule has 4 nitrogen and oxygen atoms in total. The molecule has 26 heavy (non-hydrogen) atoms. The summed E-state index contributed by atoms with van der Waals surface area (Å²) in [5, 5.41) is 12.0. The van der Waals surface area contributed by atoms with Crippen molar-refractivity contribution in [3.8, 4) is 0 Å². The maximum atomic E-state index is 12.8. The van der Waals surface area contributed by atoms with Gasteiger partial charge in [0.05, 0.1) is 5.92 Å². The molecule has 0 amide bonds. The molecule has 0 saturated carbocycles. The van der Waals surface area contributed by atoms with E-state index < -0.39 is 12.0 Å². The molecule has 1 aliphatic rings. The smallest absolute Gasteiger partial charge is 0.241 e. The van der Waals surface area contributed by atoms with Crippen LogP contribution in [0.1, 0.15) is 53.9 Å². The lowest BCUT2D eigenvalue weighted by Crippen LogP contribution is -2.32. The van der Waals surface area contributed by atoms with Gasteiger partial charge >= 0.3 is 0 Å². The Hall–Kier alpha value is -2.75. The zero-order chi connectivity index (χ0) is 18.4. The minimum atomic E-state index is -0.842. The van der Waals surface area contributed by atoms with Crippen LogP contribution in [0.2, 0.25) is 0 Å². The van der Waals surface area contributed by atoms with E-state index in [2.05, 4.69) is 0 Å². The predicted molar refractivity (Wildman–Crippen MR) is 102 cm³/mol. The Morgan fingerprint density at radius 2 is 1.65 bits per heavy atom. The number of hydrogen-bond donors (Lipinski definition) is 0. The fraction of sp³-hybridized carbons (Fsp3) is 0.318. The van der Waals surface area contributed by atoms with Crippen LogP contribution in [0.3, 0.4) is 0 Å². The zero-order valence-electron chi connectivity index (χ0n) is 14.7. The Kier molecular flexibility index (Phi) is 5.95. The molecule has 2 atom stereocenters. The van der Waals surface area contributed by atoms with Gasteiger partial charge in [0.2, 0.25) is 6.04 Å². The van der Waals surface area contributed by atoms with Crippen molar-refractivity contribution in [1.82, 2.24) is 0 Å². The summed E-state index contributed by atoms with van der Waals surface area (Å²) in [6.45, 7) is 0. The Bertz CT molecular complexity index is 784. The van der Waals surface area contributed by atoms with E-state index in [1.165, 1.54) is 0 Å². The topological polar surface area (TPSA) is 60.2 Å². The van der Waals surface area contributed by atoms with E-state index in [0.29, 0.717) is 5.56 Å². The van der Waals surface area contributed by atoms with E-state index in [4.69, 9.17) is 0 Å². The van der Waals surface area contributed by atoms with Gasteiger partial charge in [-0.3, -0.25) is 14.9 Å². The second-order valence-corrected chi connectivity index (χ2v) is 6.77. The third-order valence-electron chi connectivity index (χ3n) is 5.04. The molecule has 1 aliphatic carbocycles. The summed E-state index contributed by atoms with van der Waals surface area (Å²) in [7, 11) is 0. The third kappa shape index (κ3) is 4.26. The lowest BCUT2D eigenvalue weighted by molar-refractivity contribution is -0.516. The van der Waals surface area contributed by atoms with E-state index in [-0.39, 0.29) is 17.1 Å². The van der Waals surface area contributed by atoms with Crippen molar-refractivity contribution in [3.05, 3.63) is 93.6 Å². The van der Waals surface area contributed by atoms with Gasteiger partial charge in [-0.25, -0.2) is 0 Å². The zero-order valence-corrected chi connectivity index (χ0v) is 14.7. The first-order chi connectivity index (χ1) is 12.7. The van der Waals surface area contributed by atoms with Gasteiger partial charge < -0.3 is 0 Å². The lowest BCUT2D eigenvalue weighted by atomic mass is 9.80. The van der Waals surface area contributed by atoms with E-state index in [1.807, 2.05) is 54.6 Å². The Labute approximate surface area is 153 Å². The first-order valence-electron chi connectivity index (χ1n) is 9.12. The first kappa shape index (κ1) is 18.1. The first-order valence-corrected chi connectivity index (χ1v) is 9.12. The standard InChI is InChI=1S/C22H23NO3/c24-21(18-12-6-2-7-13-18)16-20(17-10-4-1-5-11-17)22(23(25)26)19-14-8-3-9-15-19/h1-2,4-7,10-14,20,22H,3,8-9,15-16H2. The molecule has 0 fully saturated rings. The highest BCUT2D eigenvalue weighted by Crippen LogP contribution is 2.34. The fourth-order valence-corrected chi connectivity index (χ4v) is 3.73. The summed E-state index contributed by atoms with van der Waals surface area (Å²) < 4.78 is 0. The summed E-state index contributed by atoms with van der Waals surface area (Å²) in [6, 6.07) is 17.6. The molecule has 0 N–H and O–H groups in total. The average molecular weight is 349 g/mol. The number of nitrogens with zero attached hydrogens (tertiary/aromatic N) is 1. The van der Waals surface area contributed by atoms with Gasteiger partial charge in [0.15, 0.2) is 5.78 Å². The van der Waals surface area contributed by atoms with Crippen LogP contribution in [0.4, 0.5) is 0 Å². The van der Waals surface area contributed by atoms with Crippen LogP contribution in [0.15, 0.2) is 72.3 Å². The number of hydrogen-bond acceptors (Lipinski definition) is 3. The van der Waals surface area contributed by atoms with Crippen LogP contribution in [-0.2, 0) is 0 Å². The molecule has 2 unspecified atom stereocenters. The summed E-state index contributed by atoms with van der Waals surface area (Å²) in [6.07, 6.45) is 5.83. The van der Waals surface area contributed by atoms with Gasteiger partial charge in [-0.05, 0) is 36.8 Å². The number of carbonyl (C=O) groups is 1. The molecule has 0 bridgehead atoms. The van der Waals surface area contributed by atoms with E-state index in [0.717, 1.165) is 36.8 Å². The molecule has 2 aromatic rings. The number of rotatable bonds is 7. The number of Topliss-reactive ketones (excluding diaryl/α,β-unsaturated/α-hetero) is 1. The van der Waals surface area contributed by atoms with Gasteiger partial charge in [-0.1, -0.05) is 66.7 Å². The Balaban J connectivity index is 1.95. The van der Waals surface area contributed by atoms with Crippen molar-refractivity contribution in [1.29, 1.82) is 0 Å². The van der Waals surface area contributed by atoms with Crippen molar-refractivity contribution < 1.29 is 9.72 Å². The number of ketones is 1. The van der Waals surface area contributed by atoms with Crippen molar-refractivity contribution >= 4 is 5.78 Å². The van der Waals surface area contributed by atoms with Crippen molar-refractivity contribution in [3.63, 3.8) is 0 Å². The fourth-order valence-electron chi connectivity index (χ4n) is 3.73. The molecule has 4 heteroatoms. The minimum Gasteiger partial charge on any atom is -0.294 e. The lowest BCUT2D eigenvalue weighted by Gasteiger charge is -2.25. The highest BCUT2D eigenvalue weighted by atomic mass is 16.6. The van der Waals surface area contributed by atoms with Gasteiger partial charge in [0.1, 0.15) is 0 Å². The second kappa shape index (κ2) is 8.56. The van der Waals surface area contributed by atoms with Crippen molar-refractivity contribution in [2.75, 3.05) is 0 Å².